The van der Waals surface area contributed by atoms with Crippen molar-refractivity contribution in [1.29, 1.82) is 0 Å². The number of piperazine rings is 1. The van der Waals surface area contributed by atoms with Gasteiger partial charge >= 0.3 is 0 Å². The third-order valence-corrected chi connectivity index (χ3v) is 4.20. The van der Waals surface area contributed by atoms with Crippen LogP contribution in [0.1, 0.15) is 29.3 Å². The lowest BCUT2D eigenvalue weighted by molar-refractivity contribution is -0.138. The van der Waals surface area contributed by atoms with Crippen LogP contribution in [0.2, 0.25) is 0 Å². The highest BCUT2D eigenvalue weighted by Gasteiger charge is 2.35. The summed E-state index contributed by atoms with van der Waals surface area (Å²) in [5.74, 6) is -1.15. The number of carbonyl (C=O) groups excluding carboxylic acids is 3. The Morgan fingerprint density at radius 2 is 2.15 bits per heavy atom. The summed E-state index contributed by atoms with van der Waals surface area (Å²) in [4.78, 5) is 37.1. The van der Waals surface area contributed by atoms with E-state index < -0.39 is 17.9 Å². The van der Waals surface area contributed by atoms with Crippen molar-refractivity contribution in [2.45, 2.75) is 26.3 Å². The van der Waals surface area contributed by atoms with Gasteiger partial charge in [0.25, 0.3) is 5.91 Å². The minimum atomic E-state index is -0.593. The molecule has 1 aromatic rings. The van der Waals surface area contributed by atoms with Gasteiger partial charge in [-0.2, -0.15) is 0 Å². The molecule has 0 aliphatic carbocycles. The lowest BCUT2D eigenvalue weighted by atomic mass is 10.1. The van der Waals surface area contributed by atoms with Crippen LogP contribution in [0.15, 0.2) is 22.7 Å². The second-order valence-corrected chi connectivity index (χ2v) is 5.59. The van der Waals surface area contributed by atoms with Gasteiger partial charge in [0.15, 0.2) is 0 Å². The molecule has 0 spiro atoms. The zero-order valence-corrected chi connectivity index (χ0v) is 12.9. The third-order valence-electron chi connectivity index (χ3n) is 3.31. The van der Waals surface area contributed by atoms with E-state index in [-0.39, 0.29) is 12.5 Å². The molecule has 5 nitrogen and oxygen atoms in total. The Balaban J connectivity index is 2.32. The Labute approximate surface area is 125 Å². The van der Waals surface area contributed by atoms with Gasteiger partial charge < -0.3 is 4.90 Å². The van der Waals surface area contributed by atoms with Crippen LogP contribution in [0.25, 0.3) is 0 Å². The quantitative estimate of drug-likeness (QED) is 0.833. The average molecular weight is 339 g/mol. The Morgan fingerprint density at radius 3 is 2.75 bits per heavy atom. The summed E-state index contributed by atoms with van der Waals surface area (Å²) in [6.45, 7) is 3.61. The zero-order chi connectivity index (χ0) is 14.9. The maximum Gasteiger partial charge on any atom is 0.255 e. The molecule has 6 heteroatoms. The van der Waals surface area contributed by atoms with Crippen LogP contribution in [0.5, 0.6) is 0 Å². The van der Waals surface area contributed by atoms with E-state index in [2.05, 4.69) is 21.2 Å². The summed E-state index contributed by atoms with van der Waals surface area (Å²) in [5, 5.41) is 2.26. The van der Waals surface area contributed by atoms with Gasteiger partial charge in [-0.15, -0.1) is 0 Å². The summed E-state index contributed by atoms with van der Waals surface area (Å²) in [7, 11) is 0. The first kappa shape index (κ1) is 14.7. The van der Waals surface area contributed by atoms with Crippen molar-refractivity contribution in [1.82, 2.24) is 10.2 Å². The lowest BCUT2D eigenvalue weighted by Crippen LogP contribution is -2.59. The molecule has 0 radical (unpaired) electrons. The van der Waals surface area contributed by atoms with Crippen LogP contribution in [-0.2, 0) is 9.59 Å². The monoisotopic (exact) mass is 338 g/mol. The number of hydrogen-bond acceptors (Lipinski definition) is 3. The lowest BCUT2D eigenvalue weighted by Gasteiger charge is -2.33. The number of nitrogens with one attached hydrogen (secondary N) is 1. The van der Waals surface area contributed by atoms with E-state index in [1.165, 1.54) is 4.90 Å². The third kappa shape index (κ3) is 2.75. The minimum absolute atomic E-state index is 0.0851. The van der Waals surface area contributed by atoms with Gasteiger partial charge in [0.05, 0.1) is 0 Å². The number of imide groups is 1. The molecule has 1 atom stereocenters. The van der Waals surface area contributed by atoms with Crippen molar-refractivity contribution >= 4 is 33.7 Å². The van der Waals surface area contributed by atoms with Gasteiger partial charge in [0.1, 0.15) is 12.6 Å². The van der Waals surface area contributed by atoms with Crippen molar-refractivity contribution < 1.29 is 14.4 Å². The maximum atomic E-state index is 12.5. The van der Waals surface area contributed by atoms with Crippen LogP contribution in [0.4, 0.5) is 0 Å². The number of hydrogen-bond donors (Lipinski definition) is 1. The molecule has 0 saturated carbocycles. The first-order valence-corrected chi connectivity index (χ1v) is 7.14. The molecule has 1 aliphatic rings. The smallest absolute Gasteiger partial charge is 0.255 e. The number of amides is 3. The summed E-state index contributed by atoms with van der Waals surface area (Å²) in [6.07, 6.45) is 0.473. The molecule has 1 N–H and O–H groups in total. The molecule has 1 heterocycles. The summed E-state index contributed by atoms with van der Waals surface area (Å²) in [5.41, 5.74) is 1.41. The van der Waals surface area contributed by atoms with E-state index in [0.29, 0.717) is 12.0 Å². The molecule has 0 bridgehead atoms. The number of halogens is 1. The van der Waals surface area contributed by atoms with Gasteiger partial charge in [-0.1, -0.05) is 22.9 Å². The molecular formula is C14H15BrN2O3. The zero-order valence-electron chi connectivity index (χ0n) is 11.3. The molecule has 1 aliphatic heterocycles. The van der Waals surface area contributed by atoms with Crippen molar-refractivity contribution in [2.75, 3.05) is 6.54 Å². The fourth-order valence-electron chi connectivity index (χ4n) is 2.23. The highest BCUT2D eigenvalue weighted by molar-refractivity contribution is 9.10. The molecule has 0 aromatic heterocycles. The topological polar surface area (TPSA) is 66.5 Å². The van der Waals surface area contributed by atoms with Gasteiger partial charge in [-0.05, 0) is 37.1 Å². The Bertz CT molecular complexity index is 586. The van der Waals surface area contributed by atoms with E-state index in [1.54, 1.807) is 18.2 Å². The number of nitrogens with zero attached hydrogens (tertiary/aromatic N) is 1. The Hall–Kier alpha value is -1.69. The van der Waals surface area contributed by atoms with Crippen LogP contribution < -0.4 is 5.32 Å². The van der Waals surface area contributed by atoms with E-state index in [1.807, 2.05) is 13.8 Å². The molecule has 20 heavy (non-hydrogen) atoms. The molecule has 3 amide bonds. The molecule has 2 rings (SSSR count). The molecule has 1 saturated heterocycles. The normalized spacial score (nSPS) is 18.9. The highest BCUT2D eigenvalue weighted by Crippen LogP contribution is 2.20. The molecule has 1 fully saturated rings. The predicted octanol–water partition coefficient (Wildman–Crippen LogP) is 1.63. The standard InChI is InChI=1S/C14H15BrN2O3/c1-3-11-13(19)16-12(18)7-17(11)14(20)9-4-5-10(15)8(2)6-9/h4-6,11H,3,7H2,1-2H3,(H,16,18,19). The molecule has 1 aromatic carbocycles. The van der Waals surface area contributed by atoms with E-state index in [9.17, 15) is 14.4 Å². The van der Waals surface area contributed by atoms with E-state index in [0.717, 1.165) is 10.0 Å². The van der Waals surface area contributed by atoms with Crippen LogP contribution in [-0.4, -0.2) is 35.2 Å². The fraction of sp³-hybridized carbons (Fsp3) is 0.357. The first-order chi connectivity index (χ1) is 9.43. The summed E-state index contributed by atoms with van der Waals surface area (Å²) >= 11 is 3.38. The second-order valence-electron chi connectivity index (χ2n) is 4.73. The van der Waals surface area contributed by atoms with E-state index in [4.69, 9.17) is 0 Å². The second kappa shape index (κ2) is 5.75. The number of benzene rings is 1. The number of rotatable bonds is 2. The van der Waals surface area contributed by atoms with Gasteiger partial charge in [-0.3, -0.25) is 19.7 Å². The SMILES string of the molecule is CCC1C(=O)NC(=O)CN1C(=O)c1ccc(Br)c(C)c1. The van der Waals surface area contributed by atoms with E-state index >= 15 is 0 Å². The first-order valence-electron chi connectivity index (χ1n) is 6.35. The average Bonchev–Trinajstić information content (AvgIpc) is 2.40. The summed E-state index contributed by atoms with van der Waals surface area (Å²) < 4.78 is 0.911. The van der Waals surface area contributed by atoms with Gasteiger partial charge in [-0.25, -0.2) is 0 Å². The fourth-order valence-corrected chi connectivity index (χ4v) is 2.48. The number of carbonyl (C=O) groups is 3. The van der Waals surface area contributed by atoms with Crippen LogP contribution in [0.3, 0.4) is 0 Å². The Morgan fingerprint density at radius 1 is 1.45 bits per heavy atom. The van der Waals surface area contributed by atoms with Crippen molar-refractivity contribution in [2.24, 2.45) is 0 Å². The molecule has 1 unspecified atom stereocenters. The van der Waals surface area contributed by atoms with Crippen molar-refractivity contribution in [3.63, 3.8) is 0 Å². The minimum Gasteiger partial charge on any atom is -0.317 e. The molecule has 106 valence electrons. The number of aryl methyl sites for hydroxylation is 1. The predicted molar refractivity (Wildman–Crippen MR) is 77.1 cm³/mol. The molecular weight excluding hydrogens is 324 g/mol. The Kier molecular flexibility index (Phi) is 4.23. The van der Waals surface area contributed by atoms with Crippen molar-refractivity contribution in [3.8, 4) is 0 Å². The van der Waals surface area contributed by atoms with Crippen LogP contribution in [0, 0.1) is 6.92 Å². The highest BCUT2D eigenvalue weighted by atomic mass is 79.9. The summed E-state index contributed by atoms with van der Waals surface area (Å²) in [6, 6.07) is 4.62. The largest absolute Gasteiger partial charge is 0.317 e. The van der Waals surface area contributed by atoms with Crippen LogP contribution >= 0.6 is 15.9 Å². The van der Waals surface area contributed by atoms with Gasteiger partial charge in [0, 0.05) is 10.0 Å². The van der Waals surface area contributed by atoms with Crippen molar-refractivity contribution in [3.05, 3.63) is 33.8 Å². The maximum absolute atomic E-state index is 12.5. The van der Waals surface area contributed by atoms with Gasteiger partial charge in [0.2, 0.25) is 11.8 Å².